The van der Waals surface area contributed by atoms with Crippen molar-refractivity contribution in [3.8, 4) is 0 Å². The summed E-state index contributed by atoms with van der Waals surface area (Å²) in [5, 5.41) is 14.1. The maximum atomic E-state index is 12.7. The third-order valence-electron chi connectivity index (χ3n) is 4.92. The van der Waals surface area contributed by atoms with Crippen LogP contribution in [0.1, 0.15) is 41.7 Å². The Balaban J connectivity index is 1.46. The second-order valence-electron chi connectivity index (χ2n) is 6.81. The molecule has 0 spiro atoms. The SMILES string of the molecule is O=C1CC[C@@H](NC(=O)c2cnnn2Cc2ccccc2)[C@H](C2CC2)N1. The highest BCUT2D eigenvalue weighted by Gasteiger charge is 2.40. The number of carbonyl (C=O) groups excluding carboxylic acids is 2. The molecule has 1 aliphatic carbocycles. The standard InChI is InChI=1S/C18H21N5O2/c24-16-9-8-14(17(21-16)13-6-7-13)20-18(25)15-10-19-22-23(15)11-12-4-2-1-3-5-12/h1-5,10,13-14,17H,6-9,11H2,(H,20,25)(H,21,24)/t14-,17+/m1/s1. The van der Waals surface area contributed by atoms with Gasteiger partial charge in [-0.2, -0.15) is 0 Å². The van der Waals surface area contributed by atoms with Gasteiger partial charge in [-0.25, -0.2) is 4.68 Å². The lowest BCUT2D eigenvalue weighted by Crippen LogP contribution is -2.56. The van der Waals surface area contributed by atoms with E-state index in [0.29, 0.717) is 31.0 Å². The highest BCUT2D eigenvalue weighted by molar-refractivity contribution is 5.92. The second-order valence-corrected chi connectivity index (χ2v) is 6.81. The second kappa shape index (κ2) is 6.66. The molecule has 25 heavy (non-hydrogen) atoms. The summed E-state index contributed by atoms with van der Waals surface area (Å²) in [4.78, 5) is 24.4. The lowest BCUT2D eigenvalue weighted by Gasteiger charge is -2.33. The van der Waals surface area contributed by atoms with E-state index in [0.717, 1.165) is 18.4 Å². The van der Waals surface area contributed by atoms with Crippen LogP contribution in [0, 0.1) is 5.92 Å². The lowest BCUT2D eigenvalue weighted by atomic mass is 9.94. The predicted octanol–water partition coefficient (Wildman–Crippen LogP) is 1.11. The quantitative estimate of drug-likeness (QED) is 0.854. The molecule has 4 rings (SSSR count). The van der Waals surface area contributed by atoms with E-state index in [2.05, 4.69) is 20.9 Å². The summed E-state index contributed by atoms with van der Waals surface area (Å²) in [7, 11) is 0. The third kappa shape index (κ3) is 3.55. The number of piperidine rings is 1. The van der Waals surface area contributed by atoms with Crippen molar-refractivity contribution in [3.63, 3.8) is 0 Å². The van der Waals surface area contributed by atoms with Gasteiger partial charge in [-0.05, 0) is 30.7 Å². The Morgan fingerprint density at radius 3 is 2.80 bits per heavy atom. The maximum Gasteiger partial charge on any atom is 0.271 e. The van der Waals surface area contributed by atoms with Crippen LogP contribution in [0.25, 0.3) is 0 Å². The van der Waals surface area contributed by atoms with Gasteiger partial charge in [0.05, 0.1) is 24.8 Å². The van der Waals surface area contributed by atoms with E-state index in [1.165, 1.54) is 6.20 Å². The van der Waals surface area contributed by atoms with Crippen LogP contribution < -0.4 is 10.6 Å². The molecule has 2 atom stereocenters. The van der Waals surface area contributed by atoms with Crippen LogP contribution in [0.4, 0.5) is 0 Å². The van der Waals surface area contributed by atoms with Gasteiger partial charge in [0.2, 0.25) is 5.91 Å². The van der Waals surface area contributed by atoms with Gasteiger partial charge in [-0.1, -0.05) is 35.5 Å². The minimum absolute atomic E-state index is 0.0298. The maximum absolute atomic E-state index is 12.7. The molecule has 2 fully saturated rings. The van der Waals surface area contributed by atoms with E-state index in [4.69, 9.17) is 0 Å². The van der Waals surface area contributed by atoms with Crippen molar-refractivity contribution < 1.29 is 9.59 Å². The van der Waals surface area contributed by atoms with Crippen molar-refractivity contribution in [2.24, 2.45) is 5.92 Å². The number of benzene rings is 1. The van der Waals surface area contributed by atoms with Gasteiger partial charge in [0.1, 0.15) is 5.69 Å². The van der Waals surface area contributed by atoms with Crippen LogP contribution in [0.3, 0.4) is 0 Å². The number of nitrogens with zero attached hydrogens (tertiary/aromatic N) is 3. The molecule has 130 valence electrons. The molecule has 1 aliphatic heterocycles. The highest BCUT2D eigenvalue weighted by Crippen LogP contribution is 2.36. The summed E-state index contributed by atoms with van der Waals surface area (Å²) < 4.78 is 1.61. The largest absolute Gasteiger partial charge is 0.351 e. The highest BCUT2D eigenvalue weighted by atomic mass is 16.2. The molecule has 2 aliphatic rings. The van der Waals surface area contributed by atoms with Crippen molar-refractivity contribution in [2.75, 3.05) is 0 Å². The molecule has 1 saturated heterocycles. The summed E-state index contributed by atoms with van der Waals surface area (Å²) in [5.41, 5.74) is 1.50. The van der Waals surface area contributed by atoms with Crippen molar-refractivity contribution in [3.05, 3.63) is 47.8 Å². The topological polar surface area (TPSA) is 88.9 Å². The summed E-state index contributed by atoms with van der Waals surface area (Å²) in [5.74, 6) is 0.382. The van der Waals surface area contributed by atoms with Crippen LogP contribution in [0.5, 0.6) is 0 Å². The molecule has 1 aromatic carbocycles. The van der Waals surface area contributed by atoms with Crippen LogP contribution in [0.2, 0.25) is 0 Å². The minimum Gasteiger partial charge on any atom is -0.351 e. The molecule has 2 N–H and O–H groups in total. The zero-order valence-electron chi connectivity index (χ0n) is 13.9. The minimum atomic E-state index is -0.187. The van der Waals surface area contributed by atoms with E-state index in [1.807, 2.05) is 30.3 Å². The summed E-state index contributed by atoms with van der Waals surface area (Å²) >= 11 is 0. The first-order chi connectivity index (χ1) is 12.2. The Kier molecular flexibility index (Phi) is 4.21. The normalized spacial score (nSPS) is 23.1. The average molecular weight is 339 g/mol. The van der Waals surface area contributed by atoms with Crippen LogP contribution >= 0.6 is 0 Å². The molecule has 0 unspecified atom stereocenters. The van der Waals surface area contributed by atoms with Gasteiger partial charge >= 0.3 is 0 Å². The van der Waals surface area contributed by atoms with E-state index in [9.17, 15) is 9.59 Å². The zero-order chi connectivity index (χ0) is 17.2. The summed E-state index contributed by atoms with van der Waals surface area (Å²) in [6, 6.07) is 9.86. The molecule has 7 nitrogen and oxygen atoms in total. The van der Waals surface area contributed by atoms with Gasteiger partial charge in [0.15, 0.2) is 0 Å². The molecular weight excluding hydrogens is 318 g/mol. The lowest BCUT2D eigenvalue weighted by molar-refractivity contribution is -0.124. The van der Waals surface area contributed by atoms with Gasteiger partial charge < -0.3 is 10.6 Å². The number of hydrogen-bond acceptors (Lipinski definition) is 4. The van der Waals surface area contributed by atoms with Crippen molar-refractivity contribution in [1.82, 2.24) is 25.6 Å². The smallest absolute Gasteiger partial charge is 0.271 e. The number of aromatic nitrogens is 3. The molecule has 0 bridgehead atoms. The molecule has 7 heteroatoms. The summed E-state index contributed by atoms with van der Waals surface area (Å²) in [6.07, 6.45) is 4.86. The predicted molar refractivity (Wildman–Crippen MR) is 90.7 cm³/mol. The van der Waals surface area contributed by atoms with E-state index < -0.39 is 0 Å². The number of amides is 2. The van der Waals surface area contributed by atoms with Gasteiger partial charge in [0.25, 0.3) is 5.91 Å². The van der Waals surface area contributed by atoms with E-state index in [-0.39, 0.29) is 23.9 Å². The fourth-order valence-corrected chi connectivity index (χ4v) is 3.44. The molecule has 0 radical (unpaired) electrons. The molecule has 2 amide bonds. The Labute approximate surface area is 145 Å². The number of hydrogen-bond donors (Lipinski definition) is 2. The van der Waals surface area contributed by atoms with Crippen LogP contribution in [0.15, 0.2) is 36.5 Å². The molecule has 1 aromatic heterocycles. The monoisotopic (exact) mass is 339 g/mol. The first kappa shape index (κ1) is 15.8. The fourth-order valence-electron chi connectivity index (χ4n) is 3.44. The van der Waals surface area contributed by atoms with Crippen molar-refractivity contribution >= 4 is 11.8 Å². The third-order valence-corrected chi connectivity index (χ3v) is 4.92. The Morgan fingerprint density at radius 1 is 1.24 bits per heavy atom. The Bertz CT molecular complexity index is 769. The van der Waals surface area contributed by atoms with Gasteiger partial charge in [0, 0.05) is 6.42 Å². The summed E-state index contributed by atoms with van der Waals surface area (Å²) in [6.45, 7) is 0.497. The average Bonchev–Trinajstić information content (AvgIpc) is 3.36. The van der Waals surface area contributed by atoms with Crippen molar-refractivity contribution in [1.29, 1.82) is 0 Å². The number of rotatable bonds is 5. The first-order valence-electron chi connectivity index (χ1n) is 8.73. The van der Waals surface area contributed by atoms with Crippen LogP contribution in [-0.2, 0) is 11.3 Å². The molecular formula is C18H21N5O2. The number of carbonyl (C=O) groups is 2. The Morgan fingerprint density at radius 2 is 2.04 bits per heavy atom. The van der Waals surface area contributed by atoms with E-state index >= 15 is 0 Å². The molecule has 2 aromatic rings. The molecule has 2 heterocycles. The first-order valence-corrected chi connectivity index (χ1v) is 8.73. The fraction of sp³-hybridized carbons (Fsp3) is 0.444. The Hall–Kier alpha value is -2.70. The van der Waals surface area contributed by atoms with Gasteiger partial charge in [-0.15, -0.1) is 5.10 Å². The van der Waals surface area contributed by atoms with E-state index in [1.54, 1.807) is 4.68 Å². The zero-order valence-corrected chi connectivity index (χ0v) is 13.9. The number of nitrogens with one attached hydrogen (secondary N) is 2. The van der Waals surface area contributed by atoms with Gasteiger partial charge in [-0.3, -0.25) is 9.59 Å². The van der Waals surface area contributed by atoms with Crippen molar-refractivity contribution in [2.45, 2.75) is 44.3 Å². The molecule has 1 saturated carbocycles. The van der Waals surface area contributed by atoms with Crippen LogP contribution in [-0.4, -0.2) is 38.9 Å².